The Morgan fingerprint density at radius 3 is 2.76 bits per heavy atom. The molecule has 25 heavy (non-hydrogen) atoms. The highest BCUT2D eigenvalue weighted by Gasteiger charge is 2.54. The Morgan fingerprint density at radius 2 is 1.92 bits per heavy atom. The number of aryl methyl sites for hydroxylation is 1. The van der Waals surface area contributed by atoms with Gasteiger partial charge in [0, 0.05) is 27.4 Å². The van der Waals surface area contributed by atoms with Crippen molar-refractivity contribution in [3.63, 3.8) is 0 Å². The van der Waals surface area contributed by atoms with Crippen LogP contribution in [0.4, 0.5) is 0 Å². The fourth-order valence-corrected chi connectivity index (χ4v) is 6.38. The summed E-state index contributed by atoms with van der Waals surface area (Å²) in [5.41, 5.74) is 5.81. The molecule has 1 saturated carbocycles. The quantitative estimate of drug-likeness (QED) is 0.501. The maximum Gasteiger partial charge on any atom is 0.128 e. The summed E-state index contributed by atoms with van der Waals surface area (Å²) in [5, 5.41) is 2.81. The average Bonchev–Trinajstić information content (AvgIpc) is 2.89. The van der Waals surface area contributed by atoms with Crippen molar-refractivity contribution in [2.45, 2.75) is 64.0 Å². The molecular weight excluding hydrogens is 306 g/mol. The second-order valence-corrected chi connectivity index (χ2v) is 9.35. The lowest BCUT2D eigenvalue weighted by Gasteiger charge is -2.55. The Hall–Kier alpha value is -1.96. The van der Waals surface area contributed by atoms with E-state index in [1.54, 1.807) is 0 Å². The molecule has 2 bridgehead atoms. The Morgan fingerprint density at radius 1 is 1.12 bits per heavy atom. The topological polar surface area (TPSA) is 14.2 Å². The number of hydrogen-bond donors (Lipinski definition) is 0. The third-order valence-electron chi connectivity index (χ3n) is 7.46. The molecule has 1 unspecified atom stereocenters. The summed E-state index contributed by atoms with van der Waals surface area (Å²) in [6.07, 6.45) is 3.60. The Bertz CT molecular complexity index is 1070. The van der Waals surface area contributed by atoms with E-state index in [1.807, 2.05) is 0 Å². The summed E-state index contributed by atoms with van der Waals surface area (Å²) in [6, 6.07) is 11.3. The Labute approximate surface area is 148 Å². The molecule has 0 amide bonds. The molecule has 0 radical (unpaired) electrons. The minimum atomic E-state index is 0.0247. The number of nitrogens with zero attached hydrogens (tertiary/aromatic N) is 1. The molecule has 1 fully saturated rings. The lowest BCUT2D eigenvalue weighted by atomic mass is 9.60. The molecule has 3 aliphatic rings. The summed E-state index contributed by atoms with van der Waals surface area (Å²) < 4.78 is 9.30. The number of aromatic nitrogens is 1. The van der Waals surface area contributed by atoms with E-state index in [1.165, 1.54) is 57.9 Å². The van der Waals surface area contributed by atoms with Crippen LogP contribution in [0.2, 0.25) is 0 Å². The third-order valence-corrected chi connectivity index (χ3v) is 7.46. The van der Waals surface area contributed by atoms with Gasteiger partial charge in [0.05, 0.1) is 5.52 Å². The van der Waals surface area contributed by atoms with Crippen LogP contribution < -0.4 is 4.74 Å². The summed E-state index contributed by atoms with van der Waals surface area (Å²) in [6.45, 7) is 9.48. The number of para-hydroxylation sites is 1. The van der Waals surface area contributed by atoms with Crippen molar-refractivity contribution in [1.82, 2.24) is 4.57 Å². The van der Waals surface area contributed by atoms with Gasteiger partial charge in [0.15, 0.2) is 0 Å². The lowest BCUT2D eigenvalue weighted by molar-refractivity contribution is -0.0262. The van der Waals surface area contributed by atoms with E-state index in [9.17, 15) is 0 Å². The number of rotatable bonds is 0. The SMILES string of the molecule is Cc1cc2c3ccccc3n3c2c2c1OC1(C)CC[C@@H]([C@H]2C1)C3(C)C. The molecule has 2 aromatic carbocycles. The van der Waals surface area contributed by atoms with Crippen molar-refractivity contribution in [2.75, 3.05) is 0 Å². The highest BCUT2D eigenvalue weighted by Crippen LogP contribution is 2.62. The van der Waals surface area contributed by atoms with Gasteiger partial charge >= 0.3 is 0 Å². The predicted molar refractivity (Wildman–Crippen MR) is 103 cm³/mol. The predicted octanol–water partition coefficient (Wildman–Crippen LogP) is 5.89. The van der Waals surface area contributed by atoms with Crippen LogP contribution >= 0.6 is 0 Å². The van der Waals surface area contributed by atoms with Crippen molar-refractivity contribution < 1.29 is 4.74 Å². The van der Waals surface area contributed by atoms with Crippen molar-refractivity contribution in [3.8, 4) is 5.75 Å². The van der Waals surface area contributed by atoms with Crippen LogP contribution in [-0.2, 0) is 5.54 Å². The Balaban J connectivity index is 1.89. The van der Waals surface area contributed by atoms with E-state index in [4.69, 9.17) is 4.74 Å². The summed E-state index contributed by atoms with van der Waals surface area (Å²) in [4.78, 5) is 0. The summed E-state index contributed by atoms with van der Waals surface area (Å²) >= 11 is 0. The van der Waals surface area contributed by atoms with Gasteiger partial charge in [-0.2, -0.15) is 0 Å². The van der Waals surface area contributed by atoms with Crippen molar-refractivity contribution in [1.29, 1.82) is 0 Å². The van der Waals surface area contributed by atoms with E-state index in [0.717, 1.165) is 0 Å². The van der Waals surface area contributed by atoms with Crippen LogP contribution in [0.15, 0.2) is 30.3 Å². The van der Waals surface area contributed by atoms with Crippen molar-refractivity contribution in [2.24, 2.45) is 5.92 Å². The minimum Gasteiger partial charge on any atom is -0.487 e. The molecule has 0 saturated heterocycles. The largest absolute Gasteiger partial charge is 0.487 e. The number of hydrogen-bond acceptors (Lipinski definition) is 1. The van der Waals surface area contributed by atoms with E-state index < -0.39 is 0 Å². The van der Waals surface area contributed by atoms with E-state index in [2.05, 4.69) is 62.6 Å². The molecule has 0 spiro atoms. The molecule has 1 aliphatic carbocycles. The van der Waals surface area contributed by atoms with E-state index in [0.29, 0.717) is 11.8 Å². The lowest BCUT2D eigenvalue weighted by Crippen LogP contribution is -2.52. The molecule has 1 aromatic heterocycles. The molecule has 2 heteroatoms. The smallest absolute Gasteiger partial charge is 0.128 e. The maximum absolute atomic E-state index is 6.66. The van der Waals surface area contributed by atoms with E-state index >= 15 is 0 Å². The number of benzene rings is 2. The standard InChI is InChI=1S/C23H25NO/c1-13-11-15-14-7-5-6-8-18(14)24-20(15)19-16-12-23(4,25-21(13)19)10-9-17(16)22(24,2)3/h5-8,11,16-17H,9-10,12H2,1-4H3/t16-,17+,23?/m1/s1. The van der Waals surface area contributed by atoms with Gasteiger partial charge in [-0.05, 0) is 76.5 Å². The molecule has 6 rings (SSSR count). The van der Waals surface area contributed by atoms with Crippen molar-refractivity contribution >= 4 is 21.8 Å². The van der Waals surface area contributed by atoms with Gasteiger partial charge in [-0.15, -0.1) is 0 Å². The van der Waals surface area contributed by atoms with Crippen LogP contribution in [0.25, 0.3) is 21.8 Å². The first kappa shape index (κ1) is 14.2. The van der Waals surface area contributed by atoms with Crippen LogP contribution in [0.5, 0.6) is 5.75 Å². The van der Waals surface area contributed by atoms with Gasteiger partial charge in [0.2, 0.25) is 0 Å². The van der Waals surface area contributed by atoms with Crippen LogP contribution in [0.3, 0.4) is 0 Å². The second kappa shape index (κ2) is 4.06. The van der Waals surface area contributed by atoms with Crippen LogP contribution in [0, 0.1) is 12.8 Å². The highest BCUT2D eigenvalue weighted by molar-refractivity contribution is 6.11. The number of fused-ring (bicyclic) bond motifs is 4. The zero-order valence-electron chi connectivity index (χ0n) is 15.5. The Kier molecular flexibility index (Phi) is 2.31. The van der Waals surface area contributed by atoms with Crippen LogP contribution in [0.1, 0.15) is 57.1 Å². The monoisotopic (exact) mass is 331 g/mol. The van der Waals surface area contributed by atoms with Crippen LogP contribution in [-0.4, -0.2) is 10.2 Å². The van der Waals surface area contributed by atoms with Gasteiger partial charge in [-0.1, -0.05) is 18.2 Å². The van der Waals surface area contributed by atoms with Gasteiger partial charge in [0.25, 0.3) is 0 Å². The molecule has 2 nitrogen and oxygen atoms in total. The first-order valence-corrected chi connectivity index (χ1v) is 9.67. The average molecular weight is 331 g/mol. The first-order chi connectivity index (χ1) is 11.9. The van der Waals surface area contributed by atoms with Crippen molar-refractivity contribution in [3.05, 3.63) is 41.5 Å². The van der Waals surface area contributed by atoms with Gasteiger partial charge in [0.1, 0.15) is 11.4 Å². The zero-order chi connectivity index (χ0) is 17.1. The second-order valence-electron chi connectivity index (χ2n) is 9.35. The van der Waals surface area contributed by atoms with Gasteiger partial charge in [-0.3, -0.25) is 0 Å². The number of ether oxygens (including phenoxy) is 1. The first-order valence-electron chi connectivity index (χ1n) is 9.67. The fraction of sp³-hybridized carbons (Fsp3) is 0.478. The third kappa shape index (κ3) is 1.49. The molecule has 3 heterocycles. The zero-order valence-corrected chi connectivity index (χ0v) is 15.5. The molecule has 2 aliphatic heterocycles. The molecular formula is C23H25NO. The highest BCUT2D eigenvalue weighted by atomic mass is 16.5. The minimum absolute atomic E-state index is 0.0247. The molecule has 3 atom stereocenters. The normalized spacial score (nSPS) is 31.5. The molecule has 0 N–H and O–H groups in total. The summed E-state index contributed by atoms with van der Waals surface area (Å²) in [7, 11) is 0. The molecule has 3 aromatic rings. The van der Waals surface area contributed by atoms with Gasteiger partial charge in [-0.25, -0.2) is 0 Å². The van der Waals surface area contributed by atoms with E-state index in [-0.39, 0.29) is 11.1 Å². The molecule has 128 valence electrons. The van der Waals surface area contributed by atoms with Gasteiger partial charge < -0.3 is 9.30 Å². The summed E-state index contributed by atoms with van der Waals surface area (Å²) in [5.74, 6) is 2.52. The maximum atomic E-state index is 6.66. The fourth-order valence-electron chi connectivity index (χ4n) is 6.38.